The van der Waals surface area contributed by atoms with E-state index in [9.17, 15) is 4.79 Å². The molecule has 1 aromatic carbocycles. The van der Waals surface area contributed by atoms with Crippen molar-refractivity contribution in [1.82, 2.24) is 4.98 Å². The fraction of sp³-hybridized carbons (Fsp3) is 0.231. The quantitative estimate of drug-likeness (QED) is 0.845. The molecule has 2 aromatic rings. The maximum atomic E-state index is 12.2. The van der Waals surface area contributed by atoms with Crippen molar-refractivity contribution in [2.24, 2.45) is 0 Å². The lowest BCUT2D eigenvalue weighted by Crippen LogP contribution is -2.14. The minimum Gasteiger partial charge on any atom is -0.493 e. The fourth-order valence-corrected chi connectivity index (χ4v) is 2.35. The average Bonchev–Trinajstić information content (AvgIpc) is 2.83. The van der Waals surface area contributed by atoms with Gasteiger partial charge in [-0.05, 0) is 13.0 Å². The number of aryl methyl sites for hydroxylation is 1. The van der Waals surface area contributed by atoms with Gasteiger partial charge in [0.05, 0.1) is 25.5 Å². The number of nitrogens with one attached hydrogen (secondary N) is 1. The van der Waals surface area contributed by atoms with Crippen molar-refractivity contribution in [2.75, 3.05) is 25.3 Å². The monoisotopic (exact) mass is 293 g/mol. The van der Waals surface area contributed by atoms with Crippen LogP contribution in [0.25, 0.3) is 0 Å². The van der Waals surface area contributed by atoms with Crippen molar-refractivity contribution < 1.29 is 14.3 Å². The summed E-state index contributed by atoms with van der Waals surface area (Å²) < 4.78 is 10.3. The topological polar surface area (TPSA) is 86.5 Å². The second kappa shape index (κ2) is 5.79. The van der Waals surface area contributed by atoms with Gasteiger partial charge in [0.2, 0.25) is 0 Å². The van der Waals surface area contributed by atoms with E-state index in [1.54, 1.807) is 12.1 Å². The summed E-state index contributed by atoms with van der Waals surface area (Å²) in [6.45, 7) is 1.86. The third kappa shape index (κ3) is 2.83. The van der Waals surface area contributed by atoms with Crippen LogP contribution in [0.2, 0.25) is 0 Å². The van der Waals surface area contributed by atoms with Gasteiger partial charge in [-0.2, -0.15) is 0 Å². The first kappa shape index (κ1) is 14.1. The molecule has 106 valence electrons. The zero-order chi connectivity index (χ0) is 14.7. The predicted molar refractivity (Wildman–Crippen MR) is 78.8 cm³/mol. The third-order valence-electron chi connectivity index (χ3n) is 2.64. The highest BCUT2D eigenvalue weighted by Gasteiger charge is 2.16. The fourth-order valence-electron chi connectivity index (χ4n) is 1.67. The summed E-state index contributed by atoms with van der Waals surface area (Å²) in [6.07, 6.45) is 0. The number of anilines is 2. The highest BCUT2D eigenvalue weighted by atomic mass is 32.1. The summed E-state index contributed by atoms with van der Waals surface area (Å²) in [7, 11) is 3.01. The number of amides is 1. The van der Waals surface area contributed by atoms with Crippen LogP contribution in [0.4, 0.5) is 10.8 Å². The zero-order valence-corrected chi connectivity index (χ0v) is 12.2. The molecule has 0 saturated heterocycles. The number of methoxy groups -OCH3 is 2. The van der Waals surface area contributed by atoms with Crippen LogP contribution < -0.4 is 20.5 Å². The number of hydrogen-bond acceptors (Lipinski definition) is 6. The molecule has 1 aromatic heterocycles. The van der Waals surface area contributed by atoms with E-state index in [4.69, 9.17) is 15.2 Å². The van der Waals surface area contributed by atoms with Gasteiger partial charge in [-0.15, -0.1) is 11.3 Å². The normalized spacial score (nSPS) is 10.2. The van der Waals surface area contributed by atoms with Crippen molar-refractivity contribution in [3.8, 4) is 11.5 Å². The Hall–Kier alpha value is -2.28. The van der Waals surface area contributed by atoms with Gasteiger partial charge < -0.3 is 15.2 Å². The Balaban J connectivity index is 2.29. The number of ether oxygens (including phenoxy) is 2. The molecular weight excluding hydrogens is 278 g/mol. The molecule has 1 amide bonds. The molecule has 0 aliphatic heterocycles. The molecule has 0 aliphatic carbocycles. The number of nitrogen functional groups attached to an aromatic ring is 1. The number of benzene rings is 1. The molecule has 0 aliphatic rings. The van der Waals surface area contributed by atoms with Crippen molar-refractivity contribution in [2.45, 2.75) is 6.92 Å². The number of nitrogens with zero attached hydrogens (tertiary/aromatic N) is 1. The van der Waals surface area contributed by atoms with E-state index in [-0.39, 0.29) is 5.91 Å². The van der Waals surface area contributed by atoms with E-state index in [1.807, 2.05) is 12.3 Å². The molecule has 3 N–H and O–H groups in total. The third-order valence-corrected chi connectivity index (χ3v) is 3.52. The van der Waals surface area contributed by atoms with Crippen LogP contribution in [-0.2, 0) is 0 Å². The van der Waals surface area contributed by atoms with Crippen LogP contribution >= 0.6 is 11.3 Å². The Morgan fingerprint density at radius 1 is 1.30 bits per heavy atom. The zero-order valence-electron chi connectivity index (χ0n) is 11.4. The number of hydrogen-bond donors (Lipinski definition) is 2. The summed E-state index contributed by atoms with van der Waals surface area (Å²) >= 11 is 1.36. The molecule has 2 rings (SSSR count). The molecule has 1 heterocycles. The minimum atomic E-state index is -0.335. The molecular formula is C13H15N3O3S. The lowest BCUT2D eigenvalue weighted by atomic mass is 10.1. The summed E-state index contributed by atoms with van der Waals surface area (Å²) in [4.78, 5) is 16.4. The first-order valence-corrected chi connectivity index (χ1v) is 6.68. The highest BCUT2D eigenvalue weighted by molar-refractivity contribution is 7.13. The first-order valence-electron chi connectivity index (χ1n) is 5.80. The number of aromatic nitrogens is 1. The van der Waals surface area contributed by atoms with Crippen LogP contribution in [-0.4, -0.2) is 25.1 Å². The second-order valence-corrected chi connectivity index (χ2v) is 4.90. The molecule has 0 atom stereocenters. The standard InChI is InChI=1S/C13H15N3O3S/c1-7-6-20-13(15-7)16-12(17)8-4-10(18-2)11(19-3)5-9(8)14/h4-6H,14H2,1-3H3,(H,15,16,17). The summed E-state index contributed by atoms with van der Waals surface area (Å²) in [5, 5.41) is 5.08. The van der Waals surface area contributed by atoms with Gasteiger partial charge >= 0.3 is 0 Å². The van der Waals surface area contributed by atoms with E-state index in [1.165, 1.54) is 25.6 Å². The van der Waals surface area contributed by atoms with Gasteiger partial charge in [0.1, 0.15) is 0 Å². The van der Waals surface area contributed by atoms with Gasteiger partial charge in [0.15, 0.2) is 16.6 Å². The molecule has 0 radical (unpaired) electrons. The summed E-state index contributed by atoms with van der Waals surface area (Å²) in [5.41, 5.74) is 7.35. The number of carbonyl (C=O) groups excluding carboxylic acids is 1. The molecule has 0 spiro atoms. The van der Waals surface area contributed by atoms with Crippen molar-refractivity contribution in [1.29, 1.82) is 0 Å². The van der Waals surface area contributed by atoms with Crippen molar-refractivity contribution in [3.63, 3.8) is 0 Å². The lowest BCUT2D eigenvalue weighted by Gasteiger charge is -2.11. The highest BCUT2D eigenvalue weighted by Crippen LogP contribution is 2.32. The predicted octanol–water partition coefficient (Wildman–Crippen LogP) is 2.30. The van der Waals surface area contributed by atoms with Gasteiger partial charge in [-0.1, -0.05) is 0 Å². The van der Waals surface area contributed by atoms with E-state index in [0.29, 0.717) is 27.9 Å². The van der Waals surface area contributed by atoms with Gasteiger partial charge in [0.25, 0.3) is 5.91 Å². The van der Waals surface area contributed by atoms with Crippen LogP contribution in [0.15, 0.2) is 17.5 Å². The van der Waals surface area contributed by atoms with Crippen LogP contribution in [0.1, 0.15) is 16.1 Å². The van der Waals surface area contributed by atoms with Crippen molar-refractivity contribution in [3.05, 3.63) is 28.8 Å². The van der Waals surface area contributed by atoms with E-state index in [2.05, 4.69) is 10.3 Å². The molecule has 20 heavy (non-hydrogen) atoms. The Morgan fingerprint density at radius 2 is 1.95 bits per heavy atom. The van der Waals surface area contributed by atoms with E-state index in [0.717, 1.165) is 5.69 Å². The molecule has 7 heteroatoms. The van der Waals surface area contributed by atoms with Gasteiger partial charge in [-0.25, -0.2) is 4.98 Å². The first-order chi connectivity index (χ1) is 9.55. The largest absolute Gasteiger partial charge is 0.493 e. The van der Waals surface area contributed by atoms with Crippen LogP contribution in [0.5, 0.6) is 11.5 Å². The molecule has 0 unspecified atom stereocenters. The van der Waals surface area contributed by atoms with Crippen LogP contribution in [0, 0.1) is 6.92 Å². The maximum Gasteiger partial charge on any atom is 0.259 e. The summed E-state index contributed by atoms with van der Waals surface area (Å²) in [5.74, 6) is 0.589. The lowest BCUT2D eigenvalue weighted by molar-refractivity contribution is 0.102. The molecule has 0 bridgehead atoms. The number of carbonyl (C=O) groups is 1. The van der Waals surface area contributed by atoms with Gasteiger partial charge in [0, 0.05) is 17.1 Å². The average molecular weight is 293 g/mol. The second-order valence-electron chi connectivity index (χ2n) is 4.04. The summed E-state index contributed by atoms with van der Waals surface area (Å²) in [6, 6.07) is 3.10. The SMILES string of the molecule is COc1cc(N)c(C(=O)Nc2nc(C)cs2)cc1OC. The number of thiazole rings is 1. The number of nitrogens with two attached hydrogens (primary N) is 1. The van der Waals surface area contributed by atoms with Crippen molar-refractivity contribution >= 4 is 28.1 Å². The number of rotatable bonds is 4. The van der Waals surface area contributed by atoms with E-state index < -0.39 is 0 Å². The van der Waals surface area contributed by atoms with Gasteiger partial charge in [-0.3, -0.25) is 10.1 Å². The molecule has 6 nitrogen and oxygen atoms in total. The molecule has 0 fully saturated rings. The maximum absolute atomic E-state index is 12.2. The Kier molecular flexibility index (Phi) is 4.09. The Labute approximate surface area is 120 Å². The minimum absolute atomic E-state index is 0.313. The smallest absolute Gasteiger partial charge is 0.259 e. The Morgan fingerprint density at radius 3 is 2.50 bits per heavy atom. The van der Waals surface area contributed by atoms with Crippen LogP contribution in [0.3, 0.4) is 0 Å². The van der Waals surface area contributed by atoms with E-state index >= 15 is 0 Å². The Bertz CT molecular complexity index is 640. The molecule has 0 saturated carbocycles.